The van der Waals surface area contributed by atoms with Gasteiger partial charge in [0.2, 0.25) is 0 Å². The van der Waals surface area contributed by atoms with Crippen molar-refractivity contribution in [2.24, 2.45) is 5.92 Å². The molecule has 0 rings (SSSR count). The Morgan fingerprint density at radius 1 is 0.295 bits per heavy atom. The first-order valence-electron chi connectivity index (χ1n) is 39.7. The van der Waals surface area contributed by atoms with Crippen LogP contribution >= 0.6 is 15.6 Å². The molecule has 0 aliphatic heterocycles. The third kappa shape index (κ3) is 69.0. The molecule has 0 spiro atoms. The van der Waals surface area contributed by atoms with Crippen LogP contribution in [-0.2, 0) is 65.4 Å². The van der Waals surface area contributed by atoms with Crippen molar-refractivity contribution in [3.63, 3.8) is 0 Å². The van der Waals surface area contributed by atoms with E-state index in [0.29, 0.717) is 25.7 Å². The summed E-state index contributed by atoms with van der Waals surface area (Å²) in [4.78, 5) is 72.6. The molecule has 0 aliphatic carbocycles. The van der Waals surface area contributed by atoms with E-state index in [4.69, 9.17) is 37.0 Å². The molecule has 0 aliphatic rings. The number of aliphatic hydroxyl groups is 1. The summed E-state index contributed by atoms with van der Waals surface area (Å²) in [5, 5.41) is 10.6. The zero-order valence-corrected chi connectivity index (χ0v) is 63.6. The smallest absolute Gasteiger partial charge is 0.462 e. The number of carbonyl (C=O) groups excluding carboxylic acids is 4. The van der Waals surface area contributed by atoms with Crippen LogP contribution in [0.5, 0.6) is 0 Å². The molecule has 19 heteroatoms. The predicted molar refractivity (Wildman–Crippen MR) is 386 cm³/mol. The number of carbonyl (C=O) groups is 4. The third-order valence-electron chi connectivity index (χ3n) is 18.1. The molecule has 95 heavy (non-hydrogen) atoms. The first-order chi connectivity index (χ1) is 46.1. The SMILES string of the molecule is CCCCCCCCCCCCCCCCCCCCCCCC(=O)O[C@H](COC(=O)CCCCCCCCCCCCCCCCC(C)CC)COP(=O)(O)OC[C@@H](O)COP(=O)(O)OC[C@@H](COC(=O)CCCCCCCCCC)OC(=O)CCCCCCCCCC. The van der Waals surface area contributed by atoms with E-state index in [-0.39, 0.29) is 25.7 Å². The predicted octanol–water partition coefficient (Wildman–Crippen LogP) is 22.5. The van der Waals surface area contributed by atoms with Crippen LogP contribution in [0.25, 0.3) is 0 Å². The molecule has 0 heterocycles. The summed E-state index contributed by atoms with van der Waals surface area (Å²) in [6.07, 6.45) is 58.5. The van der Waals surface area contributed by atoms with Crippen LogP contribution in [0.2, 0.25) is 0 Å². The second-order valence-electron chi connectivity index (χ2n) is 27.6. The lowest BCUT2D eigenvalue weighted by Gasteiger charge is -2.21. The largest absolute Gasteiger partial charge is 0.472 e. The number of esters is 4. The summed E-state index contributed by atoms with van der Waals surface area (Å²) < 4.78 is 68.3. The first kappa shape index (κ1) is 93.1. The van der Waals surface area contributed by atoms with E-state index in [9.17, 15) is 43.2 Å². The van der Waals surface area contributed by atoms with Crippen LogP contribution in [0.1, 0.15) is 401 Å². The summed E-state index contributed by atoms with van der Waals surface area (Å²) in [5.74, 6) is -1.27. The monoisotopic (exact) mass is 1400 g/mol. The van der Waals surface area contributed by atoms with Crippen LogP contribution in [0, 0.1) is 5.92 Å². The van der Waals surface area contributed by atoms with Crippen LogP contribution < -0.4 is 0 Å². The lowest BCUT2D eigenvalue weighted by molar-refractivity contribution is -0.161. The Morgan fingerprint density at radius 3 is 0.747 bits per heavy atom. The molecule has 0 aromatic heterocycles. The van der Waals surface area contributed by atoms with Gasteiger partial charge in [-0.3, -0.25) is 37.3 Å². The molecule has 0 bridgehead atoms. The minimum atomic E-state index is -4.96. The average Bonchev–Trinajstić information content (AvgIpc) is 3.61. The van der Waals surface area contributed by atoms with Crippen molar-refractivity contribution in [2.45, 2.75) is 419 Å². The van der Waals surface area contributed by atoms with E-state index in [2.05, 4.69) is 34.6 Å². The highest BCUT2D eigenvalue weighted by molar-refractivity contribution is 7.47. The van der Waals surface area contributed by atoms with Crippen LogP contribution in [0.3, 0.4) is 0 Å². The van der Waals surface area contributed by atoms with Crippen molar-refractivity contribution >= 4 is 39.5 Å². The number of hydrogen-bond acceptors (Lipinski definition) is 15. The first-order valence-corrected chi connectivity index (χ1v) is 42.7. The molecule has 0 amide bonds. The maximum atomic E-state index is 13.1. The second-order valence-corrected chi connectivity index (χ2v) is 30.5. The third-order valence-corrected chi connectivity index (χ3v) is 20.0. The highest BCUT2D eigenvalue weighted by Gasteiger charge is 2.30. The molecule has 3 unspecified atom stereocenters. The molecule has 0 saturated carbocycles. The van der Waals surface area contributed by atoms with Crippen molar-refractivity contribution in [3.8, 4) is 0 Å². The number of ether oxygens (including phenoxy) is 4. The van der Waals surface area contributed by atoms with E-state index >= 15 is 0 Å². The molecule has 3 N–H and O–H groups in total. The highest BCUT2D eigenvalue weighted by atomic mass is 31.2. The van der Waals surface area contributed by atoms with Gasteiger partial charge in [0.25, 0.3) is 0 Å². The standard InChI is InChI=1S/C76H148O17P2/c1-6-10-13-16-19-22-23-24-25-26-27-28-29-30-31-36-39-42-47-52-57-62-76(81)93-72(66-87-74(79)60-55-50-46-41-38-35-33-32-34-37-40-43-48-53-58-69(5)9-4)68-91-95(84,85)89-64-70(77)63-88-94(82,83)90-67-71(92-75(80)61-56-51-45-21-18-15-12-8-3)65-86-73(78)59-54-49-44-20-17-14-11-7-2/h69-72,77H,6-68H2,1-5H3,(H,82,83)(H,84,85)/t69?,70-,71+,72+/m0/s1. The van der Waals surface area contributed by atoms with Gasteiger partial charge in [0, 0.05) is 25.7 Å². The number of phosphoric ester groups is 2. The molecule has 0 radical (unpaired) electrons. The number of unbranched alkanes of at least 4 members (excludes halogenated alkanes) is 47. The van der Waals surface area contributed by atoms with Crippen LogP contribution in [-0.4, -0.2) is 96.7 Å². The molecular weight excluding hydrogens is 1250 g/mol. The van der Waals surface area contributed by atoms with Gasteiger partial charge in [-0.2, -0.15) is 0 Å². The zero-order chi connectivity index (χ0) is 69.8. The number of rotatable bonds is 76. The normalized spacial score (nSPS) is 14.2. The van der Waals surface area contributed by atoms with Crippen LogP contribution in [0.15, 0.2) is 0 Å². The molecule has 0 aromatic rings. The maximum absolute atomic E-state index is 13.1. The topological polar surface area (TPSA) is 237 Å². The van der Waals surface area contributed by atoms with E-state index < -0.39 is 97.5 Å². The quantitative estimate of drug-likeness (QED) is 0.0222. The summed E-state index contributed by atoms with van der Waals surface area (Å²) in [6.45, 7) is 7.28. The fourth-order valence-corrected chi connectivity index (χ4v) is 13.3. The summed E-state index contributed by atoms with van der Waals surface area (Å²) in [7, 11) is -9.90. The highest BCUT2D eigenvalue weighted by Crippen LogP contribution is 2.45. The van der Waals surface area contributed by atoms with Crippen LogP contribution in [0.4, 0.5) is 0 Å². The van der Waals surface area contributed by atoms with Gasteiger partial charge in [0.05, 0.1) is 26.4 Å². The zero-order valence-electron chi connectivity index (χ0n) is 61.8. The van der Waals surface area contributed by atoms with Crippen molar-refractivity contribution < 1.29 is 80.2 Å². The Hall–Kier alpha value is -1.94. The Kier molecular flexibility index (Phi) is 67.7. The van der Waals surface area contributed by atoms with Gasteiger partial charge >= 0.3 is 39.5 Å². The van der Waals surface area contributed by atoms with Gasteiger partial charge in [0.1, 0.15) is 19.3 Å². The van der Waals surface area contributed by atoms with Gasteiger partial charge in [-0.1, -0.05) is 349 Å². The molecule has 17 nitrogen and oxygen atoms in total. The van der Waals surface area contributed by atoms with Gasteiger partial charge in [-0.25, -0.2) is 9.13 Å². The van der Waals surface area contributed by atoms with Gasteiger partial charge in [-0.05, 0) is 31.6 Å². The Labute approximate surface area is 581 Å². The van der Waals surface area contributed by atoms with Crippen molar-refractivity contribution in [2.75, 3.05) is 39.6 Å². The minimum Gasteiger partial charge on any atom is -0.462 e. The second kappa shape index (κ2) is 69.2. The van der Waals surface area contributed by atoms with Gasteiger partial charge in [0.15, 0.2) is 12.2 Å². The molecule has 0 saturated heterocycles. The van der Waals surface area contributed by atoms with Crippen molar-refractivity contribution in [3.05, 3.63) is 0 Å². The summed E-state index contributed by atoms with van der Waals surface area (Å²) in [6, 6.07) is 0. The molecule has 6 atom stereocenters. The summed E-state index contributed by atoms with van der Waals surface area (Å²) in [5.41, 5.74) is 0. The maximum Gasteiger partial charge on any atom is 0.472 e. The van der Waals surface area contributed by atoms with E-state index in [0.717, 1.165) is 109 Å². The average molecular weight is 1400 g/mol. The fourth-order valence-electron chi connectivity index (χ4n) is 11.7. The van der Waals surface area contributed by atoms with E-state index in [1.54, 1.807) is 0 Å². The Morgan fingerprint density at radius 2 is 0.505 bits per heavy atom. The fraction of sp³-hybridized carbons (Fsp3) is 0.947. The lowest BCUT2D eigenvalue weighted by Crippen LogP contribution is -2.30. The van der Waals surface area contributed by atoms with Gasteiger partial charge in [-0.15, -0.1) is 0 Å². The molecule has 564 valence electrons. The minimum absolute atomic E-state index is 0.105. The Balaban J connectivity index is 5.14. The van der Waals surface area contributed by atoms with E-state index in [1.807, 2.05) is 0 Å². The number of phosphoric acid groups is 2. The van der Waals surface area contributed by atoms with Crippen molar-refractivity contribution in [1.29, 1.82) is 0 Å². The van der Waals surface area contributed by atoms with Crippen molar-refractivity contribution in [1.82, 2.24) is 0 Å². The summed E-state index contributed by atoms with van der Waals surface area (Å²) >= 11 is 0. The number of hydrogen-bond donors (Lipinski definition) is 3. The Bertz CT molecular complexity index is 1820. The molecule has 0 aromatic carbocycles. The number of aliphatic hydroxyl groups excluding tert-OH is 1. The lowest BCUT2D eigenvalue weighted by atomic mass is 9.99. The molecular formula is C76H148O17P2. The van der Waals surface area contributed by atoms with E-state index in [1.165, 1.54) is 212 Å². The van der Waals surface area contributed by atoms with Gasteiger partial charge < -0.3 is 33.8 Å². The molecule has 0 fully saturated rings.